The molecule has 0 spiro atoms. The van der Waals surface area contributed by atoms with E-state index in [1.807, 2.05) is 0 Å². The number of carboxylic acids is 1. The van der Waals surface area contributed by atoms with Crippen LogP contribution in [0.4, 0.5) is 0 Å². The molecule has 1 rings (SSSR count). The lowest BCUT2D eigenvalue weighted by Gasteiger charge is -2.16. The van der Waals surface area contributed by atoms with E-state index in [2.05, 4.69) is 0 Å². The van der Waals surface area contributed by atoms with Gasteiger partial charge in [0, 0.05) is 26.4 Å². The molecule has 9 nitrogen and oxygen atoms in total. The molecule has 0 saturated heterocycles. The Hall–Kier alpha value is -1.78. The van der Waals surface area contributed by atoms with Crippen molar-refractivity contribution in [1.82, 2.24) is 0 Å². The number of halogens is 1. The number of hydrogen-bond donors (Lipinski definition) is 1. The minimum Gasteiger partial charge on any atom is -0.482 e. The summed E-state index contributed by atoms with van der Waals surface area (Å²) in [5, 5.41) is 8.88. The van der Waals surface area contributed by atoms with Crippen LogP contribution in [0.3, 0.4) is 0 Å². The fourth-order valence-electron chi connectivity index (χ4n) is 1.63. The van der Waals surface area contributed by atoms with E-state index in [1.165, 1.54) is 12.1 Å². The van der Waals surface area contributed by atoms with Crippen molar-refractivity contribution in [1.29, 1.82) is 0 Å². The minimum absolute atomic E-state index is 0.0701. The second-order valence-corrected chi connectivity index (χ2v) is 5.15. The van der Waals surface area contributed by atoms with Gasteiger partial charge >= 0.3 is 5.97 Å². The molecule has 0 saturated carbocycles. The fourth-order valence-corrected chi connectivity index (χ4v) is 1.88. The van der Waals surface area contributed by atoms with Crippen LogP contribution in [-0.4, -0.2) is 71.9 Å². The molecule has 0 heterocycles. The van der Waals surface area contributed by atoms with Crippen LogP contribution < -0.4 is 14.2 Å². The van der Waals surface area contributed by atoms with Crippen molar-refractivity contribution < 1.29 is 43.1 Å². The Labute approximate surface area is 156 Å². The second-order valence-electron chi connectivity index (χ2n) is 4.74. The zero-order valence-electron chi connectivity index (χ0n) is 14.7. The number of methoxy groups -OCH3 is 2. The highest BCUT2D eigenvalue weighted by molar-refractivity contribution is 6.32. The lowest BCUT2D eigenvalue weighted by Crippen LogP contribution is -2.12. The van der Waals surface area contributed by atoms with E-state index >= 15 is 0 Å². The lowest BCUT2D eigenvalue weighted by molar-refractivity contribution is -0.139. The first kappa shape index (κ1) is 22.3. The highest BCUT2D eigenvalue weighted by atomic mass is 35.5. The first-order valence-electron chi connectivity index (χ1n) is 7.65. The molecule has 0 unspecified atom stereocenters. The Balaban J connectivity index is 2.74. The zero-order valence-corrected chi connectivity index (χ0v) is 15.5. The van der Waals surface area contributed by atoms with Crippen LogP contribution in [0.2, 0.25) is 5.02 Å². The quantitative estimate of drug-likeness (QED) is 0.352. The highest BCUT2D eigenvalue weighted by Gasteiger charge is 2.15. The van der Waals surface area contributed by atoms with Crippen LogP contribution in [0.25, 0.3) is 0 Å². The fraction of sp³-hybridized carbons (Fsp3) is 0.562. The molecule has 0 radical (unpaired) electrons. The van der Waals surface area contributed by atoms with Gasteiger partial charge in [0.15, 0.2) is 31.7 Å². The van der Waals surface area contributed by atoms with Crippen molar-refractivity contribution in [2.45, 2.75) is 0 Å². The van der Waals surface area contributed by atoms with Crippen molar-refractivity contribution in [2.75, 3.05) is 60.8 Å². The van der Waals surface area contributed by atoms with Gasteiger partial charge in [0.1, 0.15) is 5.75 Å². The summed E-state index contributed by atoms with van der Waals surface area (Å²) in [6.07, 6.45) is 0. The minimum atomic E-state index is -1.11. The van der Waals surface area contributed by atoms with Gasteiger partial charge in [0.05, 0.1) is 31.5 Å². The number of carbonyl (C=O) groups is 1. The van der Waals surface area contributed by atoms with Crippen LogP contribution in [0, 0.1) is 0 Å². The maximum atomic E-state index is 10.6. The Morgan fingerprint density at radius 2 is 1.58 bits per heavy atom. The summed E-state index contributed by atoms with van der Waals surface area (Å²) in [7, 11) is 3.12. The molecule has 0 amide bonds. The molecule has 0 aliphatic carbocycles. The first-order valence-corrected chi connectivity index (χ1v) is 8.03. The third kappa shape index (κ3) is 9.07. The number of rotatable bonds is 15. The number of ether oxygens (including phenoxy) is 7. The summed E-state index contributed by atoms with van der Waals surface area (Å²) in [5.74, 6) is -0.442. The monoisotopic (exact) mass is 394 g/mol. The first-order chi connectivity index (χ1) is 12.6. The molecule has 0 aromatic heterocycles. The molecular weight excluding hydrogens is 372 g/mol. The third-order valence-corrected chi connectivity index (χ3v) is 3.07. The average Bonchev–Trinajstić information content (AvgIpc) is 2.61. The van der Waals surface area contributed by atoms with E-state index in [0.717, 1.165) is 0 Å². The van der Waals surface area contributed by atoms with E-state index in [4.69, 9.17) is 49.9 Å². The Bertz CT molecular complexity index is 539. The van der Waals surface area contributed by atoms with Gasteiger partial charge in [-0.25, -0.2) is 4.79 Å². The van der Waals surface area contributed by atoms with Gasteiger partial charge in [0.2, 0.25) is 0 Å². The van der Waals surface area contributed by atoms with Crippen molar-refractivity contribution in [3.63, 3.8) is 0 Å². The largest absolute Gasteiger partial charge is 0.482 e. The zero-order chi connectivity index (χ0) is 19.2. The molecule has 1 aromatic carbocycles. The molecular formula is C16H23ClO9. The SMILES string of the molecule is COCCOCOc1cc(OCC(=O)O)cc(Cl)c1OCOCCOC. The standard InChI is InChI=1S/C16H23ClO9/c1-20-3-5-22-10-25-14-8-12(24-9-15(18)19)7-13(17)16(14)26-11-23-6-4-21-2/h7-8H,3-6,9-11H2,1-2H3,(H,18,19). The molecule has 1 N–H and O–H groups in total. The predicted octanol–water partition coefficient (Wildman–Crippen LogP) is 1.80. The molecule has 0 fully saturated rings. The lowest BCUT2D eigenvalue weighted by atomic mass is 10.3. The van der Waals surface area contributed by atoms with Gasteiger partial charge in [-0.1, -0.05) is 11.6 Å². The average molecular weight is 395 g/mol. The summed E-state index contributed by atoms with van der Waals surface area (Å²) in [6.45, 7) is 0.876. The molecule has 1 aromatic rings. The van der Waals surface area contributed by atoms with Crippen LogP contribution in [0.1, 0.15) is 0 Å². The molecule has 0 aliphatic heterocycles. The Kier molecular flexibility index (Phi) is 11.5. The summed E-state index contributed by atoms with van der Waals surface area (Å²) in [6, 6.07) is 2.88. The van der Waals surface area contributed by atoms with Crippen LogP contribution in [0.15, 0.2) is 12.1 Å². The smallest absolute Gasteiger partial charge is 0.341 e. The van der Waals surface area contributed by atoms with Gasteiger partial charge in [-0.3, -0.25) is 0 Å². The molecule has 0 aliphatic rings. The van der Waals surface area contributed by atoms with E-state index < -0.39 is 12.6 Å². The van der Waals surface area contributed by atoms with E-state index in [0.29, 0.717) is 26.4 Å². The van der Waals surface area contributed by atoms with Crippen molar-refractivity contribution >= 4 is 17.6 Å². The second kappa shape index (κ2) is 13.4. The summed E-state index contributed by atoms with van der Waals surface area (Å²) in [4.78, 5) is 10.6. The number of benzene rings is 1. The van der Waals surface area contributed by atoms with E-state index in [-0.39, 0.29) is 35.9 Å². The maximum Gasteiger partial charge on any atom is 0.341 e. The number of carboxylic acid groups (broad SMARTS) is 1. The summed E-state index contributed by atoms with van der Waals surface area (Å²) < 4.78 is 36.3. The van der Waals surface area contributed by atoms with E-state index in [9.17, 15) is 4.79 Å². The summed E-state index contributed by atoms with van der Waals surface area (Å²) in [5.41, 5.74) is 0. The Morgan fingerprint density at radius 1 is 0.962 bits per heavy atom. The van der Waals surface area contributed by atoms with Gasteiger partial charge in [-0.2, -0.15) is 0 Å². The highest BCUT2D eigenvalue weighted by Crippen LogP contribution is 2.39. The Morgan fingerprint density at radius 3 is 2.15 bits per heavy atom. The van der Waals surface area contributed by atoms with Gasteiger partial charge in [0.25, 0.3) is 0 Å². The predicted molar refractivity (Wildman–Crippen MR) is 91.2 cm³/mol. The van der Waals surface area contributed by atoms with Crippen molar-refractivity contribution in [3.05, 3.63) is 17.2 Å². The molecule has 0 bridgehead atoms. The normalized spacial score (nSPS) is 10.6. The van der Waals surface area contributed by atoms with Crippen molar-refractivity contribution in [3.8, 4) is 17.2 Å². The van der Waals surface area contributed by atoms with Gasteiger partial charge < -0.3 is 38.3 Å². The van der Waals surface area contributed by atoms with Crippen LogP contribution >= 0.6 is 11.6 Å². The summed E-state index contributed by atoms with van der Waals surface area (Å²) >= 11 is 6.18. The molecule has 10 heteroatoms. The van der Waals surface area contributed by atoms with E-state index in [1.54, 1.807) is 14.2 Å². The maximum absolute atomic E-state index is 10.6. The van der Waals surface area contributed by atoms with Gasteiger partial charge in [-0.15, -0.1) is 0 Å². The van der Waals surface area contributed by atoms with Crippen LogP contribution in [0.5, 0.6) is 17.2 Å². The third-order valence-electron chi connectivity index (χ3n) is 2.79. The van der Waals surface area contributed by atoms with Crippen LogP contribution in [-0.2, 0) is 23.7 Å². The topological polar surface area (TPSA) is 102 Å². The number of hydrogen-bond acceptors (Lipinski definition) is 8. The molecule has 148 valence electrons. The molecule has 26 heavy (non-hydrogen) atoms. The van der Waals surface area contributed by atoms with Gasteiger partial charge in [-0.05, 0) is 0 Å². The van der Waals surface area contributed by atoms with Crippen molar-refractivity contribution in [2.24, 2.45) is 0 Å². The molecule has 0 atom stereocenters. The number of aliphatic carboxylic acids is 1.